The Bertz CT molecular complexity index is 1940. The Balaban J connectivity index is 1.71. The minimum absolute atomic E-state index is 0.0872. The molecule has 1 unspecified atom stereocenters. The fourth-order valence-corrected chi connectivity index (χ4v) is 3.13. The lowest BCUT2D eigenvalue weighted by molar-refractivity contribution is -0.120. The number of methoxy groups -OCH3 is 1. The number of amides is 3. The fraction of sp³-hybridized carbons (Fsp3) is 0.0571. The van der Waals surface area contributed by atoms with Crippen molar-refractivity contribution in [3.05, 3.63) is 72.3 Å². The van der Waals surface area contributed by atoms with Crippen molar-refractivity contribution in [1.82, 2.24) is 0 Å². The van der Waals surface area contributed by atoms with Crippen LogP contribution < -0.4 is 25.4 Å². The number of nitrogens with zero attached hydrogens (tertiary/aromatic N) is 1. The number of nitrogens with one attached hydrogen (secondary N) is 3. The number of phenolic OH excluding ortho intramolecular Hbond substituents is 1. The van der Waals surface area contributed by atoms with Gasteiger partial charge in [-0.05, 0) is 126 Å². The lowest BCUT2D eigenvalue weighted by atomic mass is 10.2. The van der Waals surface area contributed by atoms with Gasteiger partial charge in [-0.3, -0.25) is 4.79 Å². The molecule has 0 aliphatic rings. The summed E-state index contributed by atoms with van der Waals surface area (Å²) in [7, 11) is 1.52. The number of carbonyl (C=O) groups excluding carboxylic acids is 2. The molecular weight excluding hydrogens is 556 g/mol. The van der Waals surface area contributed by atoms with Crippen LogP contribution in [0.15, 0.2) is 66.7 Å². The van der Waals surface area contributed by atoms with Gasteiger partial charge >= 0.3 is 6.03 Å². The van der Waals surface area contributed by atoms with Crippen molar-refractivity contribution in [2.24, 2.45) is 0 Å². The van der Waals surface area contributed by atoms with Crippen LogP contribution in [0.3, 0.4) is 0 Å². The van der Waals surface area contributed by atoms with Gasteiger partial charge in [0.15, 0.2) is 0 Å². The van der Waals surface area contributed by atoms with Gasteiger partial charge in [0.05, 0.1) is 24.4 Å². The van der Waals surface area contributed by atoms with Gasteiger partial charge in [0.25, 0.3) is 5.91 Å². The minimum Gasteiger partial charge on any atom is -0.506 e. The van der Waals surface area contributed by atoms with Gasteiger partial charge < -0.3 is 30.5 Å². The van der Waals surface area contributed by atoms with E-state index in [0.717, 1.165) is 0 Å². The first-order valence-electron chi connectivity index (χ1n) is 12.4. The van der Waals surface area contributed by atoms with E-state index in [1.807, 2.05) is 6.07 Å². The fourth-order valence-electron chi connectivity index (χ4n) is 3.13. The highest BCUT2D eigenvalue weighted by Gasteiger charge is 2.19. The molecule has 0 aromatic heterocycles. The molecule has 0 fully saturated rings. The molecule has 0 saturated heterocycles. The average Bonchev–Trinajstić information content (AvgIpc) is 3.03. The van der Waals surface area contributed by atoms with Crippen molar-refractivity contribution in [2.75, 3.05) is 23.1 Å². The number of nitriles is 1. The second-order valence-electron chi connectivity index (χ2n) is 8.08. The van der Waals surface area contributed by atoms with E-state index < -0.39 is 18.0 Å². The summed E-state index contributed by atoms with van der Waals surface area (Å²) in [5.74, 6) is 26.8. The molecule has 9 heteroatoms. The third-order valence-electron chi connectivity index (χ3n) is 5.11. The van der Waals surface area contributed by atoms with Gasteiger partial charge in [-0.15, -0.1) is 6.42 Å². The van der Waals surface area contributed by atoms with Crippen LogP contribution in [0.2, 0.25) is 0 Å². The molecule has 0 aliphatic carbocycles. The van der Waals surface area contributed by atoms with Gasteiger partial charge in [0, 0.05) is 17.4 Å². The lowest BCUT2D eigenvalue weighted by Crippen LogP contribution is -2.31. The molecule has 0 aliphatic heterocycles. The third-order valence-corrected chi connectivity index (χ3v) is 5.11. The van der Waals surface area contributed by atoms with Crippen molar-refractivity contribution < 1.29 is 24.2 Å². The van der Waals surface area contributed by atoms with Crippen LogP contribution in [0.1, 0.15) is 5.56 Å². The van der Waals surface area contributed by atoms with E-state index >= 15 is 0 Å². The minimum atomic E-state index is -1.30. The average molecular weight is 577 g/mol. The summed E-state index contributed by atoms with van der Waals surface area (Å²) in [6.45, 7) is 0. The van der Waals surface area contributed by atoms with Crippen LogP contribution in [-0.2, 0) is 4.79 Å². The maximum atomic E-state index is 13.1. The smallest absolute Gasteiger partial charge is 0.323 e. The largest absolute Gasteiger partial charge is 0.506 e. The number of carbonyl (C=O) groups is 2. The van der Waals surface area contributed by atoms with Crippen molar-refractivity contribution in [2.45, 2.75) is 6.10 Å². The quantitative estimate of drug-likeness (QED) is 0.249. The first-order valence-corrected chi connectivity index (χ1v) is 12.4. The number of phenols is 1. The van der Waals surface area contributed by atoms with Gasteiger partial charge in [-0.2, -0.15) is 5.26 Å². The molecule has 3 aromatic carbocycles. The normalized spacial score (nSPS) is 9.16. The summed E-state index contributed by atoms with van der Waals surface area (Å²) in [5, 5.41) is 27.1. The summed E-state index contributed by atoms with van der Waals surface area (Å²) in [6, 6.07) is 18.2. The molecule has 210 valence electrons. The Kier molecular flexibility index (Phi) is 11.8. The van der Waals surface area contributed by atoms with E-state index in [9.17, 15) is 14.7 Å². The van der Waals surface area contributed by atoms with Gasteiger partial charge in [0.2, 0.25) is 6.10 Å². The molecular formula is C35H20N4O5. The molecule has 4 N–H and O–H groups in total. The number of hydrogen-bond donors (Lipinski definition) is 4. The second kappa shape index (κ2) is 16.7. The predicted octanol–water partition coefficient (Wildman–Crippen LogP) is 3.95. The Morgan fingerprint density at radius 3 is 1.95 bits per heavy atom. The number of benzene rings is 3. The third kappa shape index (κ3) is 10.3. The Morgan fingerprint density at radius 2 is 1.36 bits per heavy atom. The van der Waals surface area contributed by atoms with Crippen molar-refractivity contribution in [3.63, 3.8) is 0 Å². The zero-order valence-electron chi connectivity index (χ0n) is 23.0. The van der Waals surface area contributed by atoms with E-state index in [2.05, 4.69) is 81.1 Å². The number of terminal acetylenes is 1. The maximum Gasteiger partial charge on any atom is 0.323 e. The van der Waals surface area contributed by atoms with Crippen LogP contribution in [0.25, 0.3) is 0 Å². The standard InChI is InChI=1S/C35H20N4O5/c1-3-4-5-6-7-8-9-10-11-12-13-33(44-30-21-19-29(43-2)20-22-30)34(41)37-28-18-23-31(32(40)24-28)39-35(42)38-27-16-14-26(25-36)15-17-27/h1,14-24,33,40H,2H3,(H,37,41)(H2,38,39,42). The highest BCUT2D eigenvalue weighted by molar-refractivity contribution is 6.01. The summed E-state index contributed by atoms with van der Waals surface area (Å²) >= 11 is 0. The number of urea groups is 1. The highest BCUT2D eigenvalue weighted by Crippen LogP contribution is 2.27. The Labute approximate surface area is 254 Å². The molecule has 9 nitrogen and oxygen atoms in total. The van der Waals surface area contributed by atoms with Gasteiger partial charge in [0.1, 0.15) is 17.2 Å². The molecule has 0 heterocycles. The molecule has 3 rings (SSSR count). The number of ether oxygens (including phenoxy) is 2. The van der Waals surface area contributed by atoms with Gasteiger partial charge in [-0.1, -0.05) is 0 Å². The summed E-state index contributed by atoms with van der Waals surface area (Å²) in [5.41, 5.74) is 1.19. The molecule has 0 spiro atoms. The Hall–Kier alpha value is -7.35. The van der Waals surface area contributed by atoms with Crippen molar-refractivity contribution in [3.8, 4) is 94.9 Å². The van der Waals surface area contributed by atoms with Crippen molar-refractivity contribution >= 4 is 29.0 Å². The van der Waals surface area contributed by atoms with Crippen LogP contribution in [0.4, 0.5) is 21.9 Å². The number of hydrogen-bond acceptors (Lipinski definition) is 6. The number of rotatable bonds is 7. The molecule has 0 saturated carbocycles. The molecule has 0 radical (unpaired) electrons. The second-order valence-corrected chi connectivity index (χ2v) is 8.08. The van der Waals surface area contributed by atoms with E-state index in [1.165, 1.54) is 25.3 Å². The van der Waals surface area contributed by atoms with E-state index in [1.54, 1.807) is 48.5 Å². The SMILES string of the molecule is C#CC#CC#CC#CC#CC#CC(Oc1ccc(OC)cc1)C(=O)Nc1ccc(NC(=O)Nc2ccc(C#N)cc2)c(O)c1. The van der Waals surface area contributed by atoms with Crippen LogP contribution in [-0.4, -0.2) is 30.3 Å². The van der Waals surface area contributed by atoms with E-state index in [0.29, 0.717) is 22.7 Å². The maximum absolute atomic E-state index is 13.1. The first kappa shape index (κ1) is 31.2. The molecule has 3 amide bonds. The predicted molar refractivity (Wildman–Crippen MR) is 166 cm³/mol. The monoisotopic (exact) mass is 576 g/mol. The van der Waals surface area contributed by atoms with E-state index in [-0.39, 0.29) is 17.1 Å². The zero-order valence-corrected chi connectivity index (χ0v) is 23.0. The molecule has 44 heavy (non-hydrogen) atoms. The molecule has 0 bridgehead atoms. The van der Waals surface area contributed by atoms with Crippen LogP contribution in [0.5, 0.6) is 17.2 Å². The summed E-state index contributed by atoms with van der Waals surface area (Å²) < 4.78 is 10.9. The lowest BCUT2D eigenvalue weighted by Gasteiger charge is -2.15. The van der Waals surface area contributed by atoms with Crippen LogP contribution in [0, 0.1) is 82.9 Å². The van der Waals surface area contributed by atoms with Crippen molar-refractivity contribution in [1.29, 1.82) is 5.26 Å². The number of aromatic hydroxyl groups is 1. The first-order chi connectivity index (χ1) is 21.4. The van der Waals surface area contributed by atoms with E-state index in [4.69, 9.17) is 21.2 Å². The Morgan fingerprint density at radius 1 is 0.773 bits per heavy atom. The number of anilines is 3. The van der Waals surface area contributed by atoms with Crippen LogP contribution >= 0.6 is 0 Å². The van der Waals surface area contributed by atoms with Gasteiger partial charge in [-0.25, -0.2) is 4.79 Å². The topological polar surface area (TPSA) is 133 Å². The highest BCUT2D eigenvalue weighted by atomic mass is 16.5. The summed E-state index contributed by atoms with van der Waals surface area (Å²) in [4.78, 5) is 25.4. The molecule has 1 atom stereocenters. The summed E-state index contributed by atoms with van der Waals surface area (Å²) in [6.07, 6.45) is 3.69. The zero-order chi connectivity index (χ0) is 31.6. The molecule has 3 aromatic rings.